The van der Waals surface area contributed by atoms with Gasteiger partial charge in [0.1, 0.15) is 23.3 Å². The van der Waals surface area contributed by atoms with Crippen molar-refractivity contribution in [1.82, 2.24) is 5.32 Å². The monoisotopic (exact) mass is 284 g/mol. The van der Waals surface area contributed by atoms with E-state index in [2.05, 4.69) is 18.3 Å². The maximum absolute atomic E-state index is 8.53. The number of hydrogen-bond donors (Lipinski definition) is 1. The molecule has 1 N–H and O–H groups in total. The van der Waals surface area contributed by atoms with Crippen LogP contribution in [-0.2, 0) is 6.54 Å². The molecular weight excluding hydrogens is 264 g/mol. The van der Waals surface area contributed by atoms with Crippen molar-refractivity contribution < 1.29 is 9.15 Å². The van der Waals surface area contributed by atoms with Crippen LogP contribution in [0.1, 0.15) is 35.6 Å². The van der Waals surface area contributed by atoms with Crippen molar-refractivity contribution >= 4 is 0 Å². The van der Waals surface area contributed by atoms with E-state index in [0.29, 0.717) is 0 Å². The fourth-order valence-electron chi connectivity index (χ4n) is 2.32. The minimum Gasteiger partial charge on any atom is -0.479 e. The molecule has 2 rings (SSSR count). The van der Waals surface area contributed by atoms with E-state index in [1.165, 1.54) is 5.56 Å². The summed E-state index contributed by atoms with van der Waals surface area (Å²) in [6, 6.07) is 12.0. The van der Waals surface area contributed by atoms with Gasteiger partial charge in [0.15, 0.2) is 6.61 Å². The molecule has 0 bridgehead atoms. The summed E-state index contributed by atoms with van der Waals surface area (Å²) in [6.45, 7) is 6.86. The Kier molecular flexibility index (Phi) is 5.02. The first kappa shape index (κ1) is 15.1. The Morgan fingerprint density at radius 3 is 2.81 bits per heavy atom. The molecule has 2 aromatic rings. The van der Waals surface area contributed by atoms with Crippen LogP contribution in [0.3, 0.4) is 0 Å². The molecule has 0 spiro atoms. The predicted octanol–water partition coefficient (Wildman–Crippen LogP) is 3.65. The molecule has 1 aromatic carbocycles. The van der Waals surface area contributed by atoms with E-state index < -0.39 is 0 Å². The lowest BCUT2D eigenvalue weighted by Gasteiger charge is -2.13. The molecule has 0 radical (unpaired) electrons. The molecule has 0 fully saturated rings. The second kappa shape index (κ2) is 6.96. The first-order valence-electron chi connectivity index (χ1n) is 6.99. The van der Waals surface area contributed by atoms with E-state index in [1.54, 1.807) is 0 Å². The first-order valence-corrected chi connectivity index (χ1v) is 6.99. The smallest absolute Gasteiger partial charge is 0.174 e. The Morgan fingerprint density at radius 1 is 1.33 bits per heavy atom. The average Bonchev–Trinajstić information content (AvgIpc) is 2.82. The highest BCUT2D eigenvalue weighted by molar-refractivity contribution is 5.29. The third-order valence-electron chi connectivity index (χ3n) is 3.36. The van der Waals surface area contributed by atoms with Gasteiger partial charge < -0.3 is 14.5 Å². The Hall–Kier alpha value is -2.25. The van der Waals surface area contributed by atoms with E-state index in [4.69, 9.17) is 14.4 Å². The van der Waals surface area contributed by atoms with Crippen molar-refractivity contribution in [2.24, 2.45) is 0 Å². The highest BCUT2D eigenvalue weighted by Crippen LogP contribution is 2.22. The van der Waals surface area contributed by atoms with Gasteiger partial charge in [-0.2, -0.15) is 5.26 Å². The summed E-state index contributed by atoms with van der Waals surface area (Å²) in [5.41, 5.74) is 2.31. The number of rotatable bonds is 6. The number of furan rings is 1. The molecule has 0 aliphatic carbocycles. The SMILES string of the molecule is Cc1cc(C(C)NCc2cccc(OCC#N)c2)c(C)o1. The molecule has 1 atom stereocenters. The van der Waals surface area contributed by atoms with Crippen LogP contribution in [0.5, 0.6) is 5.75 Å². The molecule has 1 heterocycles. The number of hydrogen-bond acceptors (Lipinski definition) is 4. The van der Waals surface area contributed by atoms with Crippen molar-refractivity contribution in [2.75, 3.05) is 6.61 Å². The Labute approximate surface area is 125 Å². The Morgan fingerprint density at radius 2 is 2.14 bits per heavy atom. The third-order valence-corrected chi connectivity index (χ3v) is 3.36. The molecule has 110 valence electrons. The molecule has 0 amide bonds. The standard InChI is InChI=1S/C17H20N2O2/c1-12-9-17(14(3)21-12)13(2)19-11-15-5-4-6-16(10-15)20-8-7-18/h4-6,9-10,13,19H,8,11H2,1-3H3. The molecule has 0 saturated carbocycles. The number of benzene rings is 1. The van der Waals surface area contributed by atoms with Crippen LogP contribution >= 0.6 is 0 Å². The fraction of sp³-hybridized carbons (Fsp3) is 0.353. The number of nitrogens with one attached hydrogen (secondary N) is 1. The van der Waals surface area contributed by atoms with Crippen molar-refractivity contribution in [2.45, 2.75) is 33.4 Å². The minimum absolute atomic E-state index is 0.0702. The molecule has 4 nitrogen and oxygen atoms in total. The highest BCUT2D eigenvalue weighted by Gasteiger charge is 2.12. The number of ether oxygens (including phenoxy) is 1. The molecule has 0 saturated heterocycles. The van der Waals surface area contributed by atoms with Gasteiger partial charge in [-0.05, 0) is 44.5 Å². The van der Waals surface area contributed by atoms with Crippen molar-refractivity contribution in [3.8, 4) is 11.8 Å². The van der Waals surface area contributed by atoms with Crippen LogP contribution < -0.4 is 10.1 Å². The van der Waals surface area contributed by atoms with E-state index in [0.717, 1.165) is 29.4 Å². The minimum atomic E-state index is 0.0702. The van der Waals surface area contributed by atoms with Gasteiger partial charge in [0.25, 0.3) is 0 Å². The van der Waals surface area contributed by atoms with Crippen molar-refractivity contribution in [3.05, 3.63) is 53.0 Å². The second-order valence-corrected chi connectivity index (χ2v) is 5.07. The lowest BCUT2D eigenvalue weighted by atomic mass is 10.1. The fourth-order valence-corrected chi connectivity index (χ4v) is 2.32. The van der Waals surface area contributed by atoms with Crippen LogP contribution in [-0.4, -0.2) is 6.61 Å². The molecule has 4 heteroatoms. The Balaban J connectivity index is 1.96. The molecule has 1 unspecified atom stereocenters. The molecule has 21 heavy (non-hydrogen) atoms. The molecule has 0 aliphatic rings. The second-order valence-electron chi connectivity index (χ2n) is 5.07. The van der Waals surface area contributed by atoms with Gasteiger partial charge in [-0.25, -0.2) is 0 Å². The zero-order valence-electron chi connectivity index (χ0n) is 12.6. The highest BCUT2D eigenvalue weighted by atomic mass is 16.5. The summed E-state index contributed by atoms with van der Waals surface area (Å²) >= 11 is 0. The van der Waals surface area contributed by atoms with Crippen LogP contribution in [0.15, 0.2) is 34.7 Å². The van der Waals surface area contributed by atoms with Gasteiger partial charge >= 0.3 is 0 Å². The van der Waals surface area contributed by atoms with Crippen molar-refractivity contribution in [3.63, 3.8) is 0 Å². The Bertz CT molecular complexity index is 640. The summed E-state index contributed by atoms with van der Waals surface area (Å²) in [5.74, 6) is 2.61. The molecule has 1 aromatic heterocycles. The number of nitriles is 1. The van der Waals surface area contributed by atoms with Gasteiger partial charge in [-0.1, -0.05) is 12.1 Å². The largest absolute Gasteiger partial charge is 0.479 e. The van der Waals surface area contributed by atoms with Gasteiger partial charge in [0.2, 0.25) is 0 Å². The quantitative estimate of drug-likeness (QED) is 0.879. The predicted molar refractivity (Wildman–Crippen MR) is 81.0 cm³/mol. The molecule has 0 aliphatic heterocycles. The van der Waals surface area contributed by atoms with Crippen LogP contribution in [0.25, 0.3) is 0 Å². The lowest BCUT2D eigenvalue weighted by Crippen LogP contribution is -2.18. The maximum Gasteiger partial charge on any atom is 0.174 e. The summed E-state index contributed by atoms with van der Waals surface area (Å²) in [6.07, 6.45) is 0. The van der Waals surface area contributed by atoms with Crippen LogP contribution in [0.4, 0.5) is 0 Å². The van der Waals surface area contributed by atoms with E-state index in [1.807, 2.05) is 44.2 Å². The lowest BCUT2D eigenvalue weighted by molar-refractivity contribution is 0.367. The van der Waals surface area contributed by atoms with Gasteiger partial charge in [-0.3, -0.25) is 0 Å². The van der Waals surface area contributed by atoms with Gasteiger partial charge in [-0.15, -0.1) is 0 Å². The summed E-state index contributed by atoms with van der Waals surface area (Å²) in [4.78, 5) is 0. The molecular formula is C17H20N2O2. The summed E-state index contributed by atoms with van der Waals surface area (Å²) in [5, 5.41) is 12.0. The maximum atomic E-state index is 8.53. The zero-order valence-corrected chi connectivity index (χ0v) is 12.6. The van der Waals surface area contributed by atoms with E-state index in [9.17, 15) is 0 Å². The number of nitrogens with zero attached hydrogens (tertiary/aromatic N) is 1. The number of aryl methyl sites for hydroxylation is 2. The van der Waals surface area contributed by atoms with Gasteiger partial charge in [0.05, 0.1) is 0 Å². The van der Waals surface area contributed by atoms with Crippen LogP contribution in [0, 0.1) is 25.2 Å². The topological polar surface area (TPSA) is 58.2 Å². The van der Waals surface area contributed by atoms with Crippen LogP contribution in [0.2, 0.25) is 0 Å². The average molecular weight is 284 g/mol. The van der Waals surface area contributed by atoms with Crippen molar-refractivity contribution in [1.29, 1.82) is 5.26 Å². The summed E-state index contributed by atoms with van der Waals surface area (Å²) in [7, 11) is 0. The first-order chi connectivity index (χ1) is 10.1. The summed E-state index contributed by atoms with van der Waals surface area (Å²) < 4.78 is 10.9. The van der Waals surface area contributed by atoms with E-state index in [-0.39, 0.29) is 12.6 Å². The normalized spacial score (nSPS) is 11.9. The third kappa shape index (κ3) is 4.11. The van der Waals surface area contributed by atoms with E-state index >= 15 is 0 Å². The van der Waals surface area contributed by atoms with Gasteiger partial charge in [0, 0.05) is 18.2 Å². The zero-order chi connectivity index (χ0) is 15.2.